The van der Waals surface area contributed by atoms with Gasteiger partial charge in [0.15, 0.2) is 0 Å². The average Bonchev–Trinajstić information content (AvgIpc) is 2.34. The average molecular weight is 240 g/mol. The van der Waals surface area contributed by atoms with Crippen LogP contribution in [0.2, 0.25) is 0 Å². The van der Waals surface area contributed by atoms with E-state index in [1.807, 2.05) is 0 Å². The van der Waals surface area contributed by atoms with Crippen LogP contribution in [0, 0.1) is 0 Å². The van der Waals surface area contributed by atoms with E-state index >= 15 is 0 Å². The van der Waals surface area contributed by atoms with E-state index in [2.05, 4.69) is 10.3 Å². The highest BCUT2D eigenvalue weighted by Gasteiger charge is 2.08. The van der Waals surface area contributed by atoms with Crippen molar-refractivity contribution in [1.29, 1.82) is 0 Å². The Morgan fingerprint density at radius 3 is 2.94 bits per heavy atom. The van der Waals surface area contributed by atoms with E-state index in [-0.39, 0.29) is 11.8 Å². The zero-order valence-corrected chi connectivity index (χ0v) is 9.84. The van der Waals surface area contributed by atoms with Crippen molar-refractivity contribution in [1.82, 2.24) is 4.98 Å². The van der Waals surface area contributed by atoms with Gasteiger partial charge >= 0.3 is 5.97 Å². The normalized spacial score (nSPS) is 12.1. The van der Waals surface area contributed by atoms with Gasteiger partial charge in [-0.2, -0.15) is 0 Å². The molecule has 2 N–H and O–H groups in total. The molecule has 0 bridgehead atoms. The predicted octanol–water partition coefficient (Wildman–Crippen LogP) is 0.853. The highest BCUT2D eigenvalue weighted by Crippen LogP contribution is 2.08. The first-order valence-electron chi connectivity index (χ1n) is 5.12. The first kappa shape index (κ1) is 13.4. The van der Waals surface area contributed by atoms with Crippen LogP contribution in [0.4, 0.5) is 5.69 Å². The molecule has 0 aliphatic rings. The molecule has 1 aromatic heterocycles. The molecule has 1 rings (SSSR count). The van der Waals surface area contributed by atoms with Gasteiger partial charge in [0.05, 0.1) is 12.7 Å². The van der Waals surface area contributed by atoms with Crippen LogP contribution in [0.1, 0.15) is 10.5 Å². The van der Waals surface area contributed by atoms with E-state index in [0.29, 0.717) is 18.8 Å². The number of carbonyl (C=O) groups is 1. The van der Waals surface area contributed by atoms with Gasteiger partial charge in [-0.15, -0.1) is 0 Å². The lowest BCUT2D eigenvalue weighted by molar-refractivity contribution is 0.0365. The number of nitrogens with zero attached hydrogens (tertiary/aromatic N) is 1. The standard InChI is InChI=1S/C11H16N2O4/c1-16-7-9(17-2)6-13-8-3-4-12-10(5-8)11(14)15/h3-5,9H,6-7H2,1-2H3,(H,12,13)(H,14,15). The zero-order chi connectivity index (χ0) is 12.7. The van der Waals surface area contributed by atoms with E-state index in [0.717, 1.165) is 0 Å². The van der Waals surface area contributed by atoms with Gasteiger partial charge in [-0.05, 0) is 12.1 Å². The Bertz CT molecular complexity index is 370. The molecule has 0 aromatic carbocycles. The summed E-state index contributed by atoms with van der Waals surface area (Å²) in [6.45, 7) is 1.01. The number of rotatable bonds is 7. The Kier molecular flexibility index (Phi) is 5.38. The second kappa shape index (κ2) is 6.82. The van der Waals surface area contributed by atoms with E-state index in [9.17, 15) is 4.79 Å². The van der Waals surface area contributed by atoms with Gasteiger partial charge in [0.2, 0.25) is 0 Å². The fraction of sp³-hybridized carbons (Fsp3) is 0.455. The quantitative estimate of drug-likeness (QED) is 0.735. The second-order valence-corrected chi connectivity index (χ2v) is 3.43. The van der Waals surface area contributed by atoms with Crippen molar-refractivity contribution in [3.63, 3.8) is 0 Å². The van der Waals surface area contributed by atoms with Crippen LogP contribution in [-0.4, -0.2) is 49.5 Å². The SMILES string of the molecule is COCC(CNc1ccnc(C(=O)O)c1)OC. The van der Waals surface area contributed by atoms with Crippen molar-refractivity contribution in [2.24, 2.45) is 0 Å². The molecule has 6 heteroatoms. The third-order valence-corrected chi connectivity index (χ3v) is 2.20. The summed E-state index contributed by atoms with van der Waals surface area (Å²) >= 11 is 0. The molecule has 0 radical (unpaired) electrons. The van der Waals surface area contributed by atoms with Crippen LogP contribution in [-0.2, 0) is 9.47 Å². The highest BCUT2D eigenvalue weighted by molar-refractivity contribution is 5.86. The fourth-order valence-corrected chi connectivity index (χ4v) is 1.29. The minimum absolute atomic E-state index is 0.00992. The molecular formula is C11H16N2O4. The second-order valence-electron chi connectivity index (χ2n) is 3.43. The summed E-state index contributed by atoms with van der Waals surface area (Å²) in [6, 6.07) is 3.17. The minimum atomic E-state index is -1.05. The Hall–Kier alpha value is -1.66. The van der Waals surface area contributed by atoms with Gasteiger partial charge in [-0.3, -0.25) is 0 Å². The Morgan fingerprint density at radius 2 is 2.35 bits per heavy atom. The number of aromatic nitrogens is 1. The monoisotopic (exact) mass is 240 g/mol. The largest absolute Gasteiger partial charge is 0.477 e. The first-order valence-corrected chi connectivity index (χ1v) is 5.12. The molecule has 0 aliphatic heterocycles. The minimum Gasteiger partial charge on any atom is -0.477 e. The maximum Gasteiger partial charge on any atom is 0.354 e. The number of hydrogen-bond donors (Lipinski definition) is 2. The van der Waals surface area contributed by atoms with Gasteiger partial charge in [-0.1, -0.05) is 0 Å². The molecule has 0 spiro atoms. The first-order chi connectivity index (χ1) is 8.17. The van der Waals surface area contributed by atoms with Gasteiger partial charge in [0, 0.05) is 32.6 Å². The molecule has 1 atom stereocenters. The molecule has 6 nitrogen and oxygen atoms in total. The topological polar surface area (TPSA) is 80.7 Å². The number of pyridine rings is 1. The number of aromatic carboxylic acids is 1. The van der Waals surface area contributed by atoms with Crippen molar-refractivity contribution in [3.05, 3.63) is 24.0 Å². The van der Waals surface area contributed by atoms with Crippen molar-refractivity contribution in [2.75, 3.05) is 32.7 Å². The number of ether oxygens (including phenoxy) is 2. The van der Waals surface area contributed by atoms with E-state index in [4.69, 9.17) is 14.6 Å². The number of hydrogen-bond acceptors (Lipinski definition) is 5. The zero-order valence-electron chi connectivity index (χ0n) is 9.84. The summed E-state index contributed by atoms with van der Waals surface area (Å²) in [5.74, 6) is -1.05. The van der Waals surface area contributed by atoms with Crippen LogP contribution in [0.15, 0.2) is 18.3 Å². The molecule has 0 fully saturated rings. The molecule has 0 saturated carbocycles. The molecule has 1 aromatic rings. The maximum absolute atomic E-state index is 10.7. The molecular weight excluding hydrogens is 224 g/mol. The van der Waals surface area contributed by atoms with Crippen molar-refractivity contribution < 1.29 is 19.4 Å². The third kappa shape index (κ3) is 4.38. The van der Waals surface area contributed by atoms with Crippen molar-refractivity contribution >= 4 is 11.7 Å². The van der Waals surface area contributed by atoms with Gasteiger partial charge < -0.3 is 19.9 Å². The molecule has 0 saturated heterocycles. The van der Waals surface area contributed by atoms with Gasteiger partial charge in [0.25, 0.3) is 0 Å². The van der Waals surface area contributed by atoms with Crippen LogP contribution >= 0.6 is 0 Å². The summed E-state index contributed by atoms with van der Waals surface area (Å²) in [4.78, 5) is 14.4. The van der Waals surface area contributed by atoms with Gasteiger partial charge in [0.1, 0.15) is 5.69 Å². The molecule has 1 unspecified atom stereocenters. The van der Waals surface area contributed by atoms with Gasteiger partial charge in [-0.25, -0.2) is 9.78 Å². The number of anilines is 1. The maximum atomic E-state index is 10.7. The van der Waals surface area contributed by atoms with Crippen molar-refractivity contribution in [2.45, 2.75) is 6.10 Å². The summed E-state index contributed by atoms with van der Waals surface area (Å²) in [5.41, 5.74) is 0.700. The molecule has 0 amide bonds. The Morgan fingerprint density at radius 1 is 1.59 bits per heavy atom. The number of carboxylic acid groups (broad SMARTS) is 1. The number of nitrogens with one attached hydrogen (secondary N) is 1. The van der Waals surface area contributed by atoms with E-state index < -0.39 is 5.97 Å². The Labute approximate surface area is 99.6 Å². The van der Waals surface area contributed by atoms with E-state index in [1.54, 1.807) is 20.3 Å². The Balaban J connectivity index is 2.56. The summed E-state index contributed by atoms with van der Waals surface area (Å²) in [7, 11) is 3.20. The summed E-state index contributed by atoms with van der Waals surface area (Å²) in [5, 5.41) is 11.8. The van der Waals surface area contributed by atoms with Crippen LogP contribution in [0.5, 0.6) is 0 Å². The van der Waals surface area contributed by atoms with Crippen LogP contribution < -0.4 is 5.32 Å². The lowest BCUT2D eigenvalue weighted by Crippen LogP contribution is -2.26. The smallest absolute Gasteiger partial charge is 0.354 e. The third-order valence-electron chi connectivity index (χ3n) is 2.20. The summed E-state index contributed by atoms with van der Waals surface area (Å²) in [6.07, 6.45) is 1.37. The number of carboxylic acids is 1. The molecule has 94 valence electrons. The lowest BCUT2D eigenvalue weighted by atomic mass is 10.3. The fourth-order valence-electron chi connectivity index (χ4n) is 1.29. The van der Waals surface area contributed by atoms with Crippen molar-refractivity contribution in [3.8, 4) is 0 Å². The molecule has 0 aliphatic carbocycles. The highest BCUT2D eigenvalue weighted by atomic mass is 16.5. The van der Waals surface area contributed by atoms with Crippen LogP contribution in [0.3, 0.4) is 0 Å². The summed E-state index contributed by atoms with van der Waals surface area (Å²) < 4.78 is 10.1. The van der Waals surface area contributed by atoms with E-state index in [1.165, 1.54) is 12.3 Å². The predicted molar refractivity (Wildman–Crippen MR) is 62.4 cm³/mol. The molecule has 1 heterocycles. The molecule has 17 heavy (non-hydrogen) atoms. The number of methoxy groups -OCH3 is 2. The lowest BCUT2D eigenvalue weighted by Gasteiger charge is -2.15. The van der Waals surface area contributed by atoms with Crippen LogP contribution in [0.25, 0.3) is 0 Å².